The Balaban J connectivity index is 2.18. The normalized spacial score (nSPS) is 9.95. The van der Waals surface area contributed by atoms with E-state index in [1.807, 2.05) is 0 Å². The zero-order valence-corrected chi connectivity index (χ0v) is 9.54. The van der Waals surface area contributed by atoms with Crippen LogP contribution < -0.4 is 5.32 Å². The average molecular weight is 261 g/mol. The number of rotatable bonds is 3. The standard InChI is InChI=1S/C12H8FN3O3/c13-8-1-3-9(4-2-8)15-12(17)11-7-10(16(18)19)5-6-14-11/h1-7H,(H,15,17). The highest BCUT2D eigenvalue weighted by atomic mass is 19.1. The number of aromatic nitrogens is 1. The lowest BCUT2D eigenvalue weighted by atomic mass is 10.2. The Bertz CT molecular complexity index is 628. The summed E-state index contributed by atoms with van der Waals surface area (Å²) < 4.78 is 12.7. The first-order valence-electron chi connectivity index (χ1n) is 5.23. The van der Waals surface area contributed by atoms with Crippen LogP contribution in [0.1, 0.15) is 10.5 Å². The summed E-state index contributed by atoms with van der Waals surface area (Å²) in [5.41, 5.74) is 0.0671. The third-order valence-electron chi connectivity index (χ3n) is 2.29. The molecule has 0 atom stereocenters. The molecule has 0 saturated heterocycles. The van der Waals surface area contributed by atoms with Crippen molar-refractivity contribution in [2.24, 2.45) is 0 Å². The first-order chi connectivity index (χ1) is 9.06. The van der Waals surface area contributed by atoms with Gasteiger partial charge in [-0.3, -0.25) is 19.9 Å². The van der Waals surface area contributed by atoms with Crippen LogP contribution in [0, 0.1) is 15.9 Å². The van der Waals surface area contributed by atoms with Crippen molar-refractivity contribution >= 4 is 17.3 Å². The molecule has 0 aliphatic heterocycles. The van der Waals surface area contributed by atoms with E-state index in [2.05, 4.69) is 10.3 Å². The van der Waals surface area contributed by atoms with Gasteiger partial charge in [0.25, 0.3) is 11.6 Å². The minimum absolute atomic E-state index is 0.0847. The third-order valence-corrected chi connectivity index (χ3v) is 2.29. The van der Waals surface area contributed by atoms with Gasteiger partial charge in [-0.2, -0.15) is 0 Å². The summed E-state index contributed by atoms with van der Waals surface area (Å²) in [5, 5.41) is 13.0. The van der Waals surface area contributed by atoms with E-state index in [1.165, 1.54) is 36.5 Å². The lowest BCUT2D eigenvalue weighted by molar-refractivity contribution is -0.385. The van der Waals surface area contributed by atoms with Crippen molar-refractivity contribution in [1.29, 1.82) is 0 Å². The van der Waals surface area contributed by atoms with Gasteiger partial charge >= 0.3 is 0 Å². The van der Waals surface area contributed by atoms with Gasteiger partial charge in [0.2, 0.25) is 0 Å². The van der Waals surface area contributed by atoms with Crippen LogP contribution in [-0.2, 0) is 0 Å². The Morgan fingerprint density at radius 3 is 2.58 bits per heavy atom. The summed E-state index contributed by atoms with van der Waals surface area (Å²) >= 11 is 0. The van der Waals surface area contributed by atoms with Gasteiger partial charge in [0.05, 0.1) is 4.92 Å². The van der Waals surface area contributed by atoms with E-state index in [9.17, 15) is 19.3 Å². The largest absolute Gasteiger partial charge is 0.321 e. The molecule has 96 valence electrons. The molecule has 0 bridgehead atoms. The Kier molecular flexibility index (Phi) is 3.46. The maximum atomic E-state index is 12.7. The number of hydrogen-bond donors (Lipinski definition) is 1. The van der Waals surface area contributed by atoms with Crippen LogP contribution in [0.3, 0.4) is 0 Å². The van der Waals surface area contributed by atoms with Crippen LogP contribution in [-0.4, -0.2) is 15.8 Å². The number of nitro groups is 1. The summed E-state index contributed by atoms with van der Waals surface area (Å²) in [5.74, 6) is -1.03. The van der Waals surface area contributed by atoms with E-state index in [0.29, 0.717) is 5.69 Å². The van der Waals surface area contributed by atoms with Crippen molar-refractivity contribution in [3.63, 3.8) is 0 Å². The highest BCUT2D eigenvalue weighted by Crippen LogP contribution is 2.13. The van der Waals surface area contributed by atoms with Gasteiger partial charge in [-0.05, 0) is 24.3 Å². The van der Waals surface area contributed by atoms with Gasteiger partial charge < -0.3 is 5.32 Å². The van der Waals surface area contributed by atoms with Crippen molar-refractivity contribution in [2.75, 3.05) is 5.32 Å². The zero-order valence-electron chi connectivity index (χ0n) is 9.54. The van der Waals surface area contributed by atoms with Gasteiger partial charge in [-0.1, -0.05) is 0 Å². The number of carbonyl (C=O) groups excluding carboxylic acids is 1. The molecule has 1 aromatic carbocycles. The zero-order chi connectivity index (χ0) is 13.8. The van der Waals surface area contributed by atoms with Gasteiger partial charge in [0.15, 0.2) is 0 Å². The molecule has 2 rings (SSSR count). The molecule has 0 unspecified atom stereocenters. The first kappa shape index (κ1) is 12.6. The van der Waals surface area contributed by atoms with Crippen molar-refractivity contribution < 1.29 is 14.1 Å². The second kappa shape index (κ2) is 5.21. The fourth-order valence-corrected chi connectivity index (χ4v) is 1.39. The van der Waals surface area contributed by atoms with E-state index in [0.717, 1.165) is 6.07 Å². The summed E-state index contributed by atoms with van der Waals surface area (Å²) in [4.78, 5) is 25.5. The highest BCUT2D eigenvalue weighted by Gasteiger charge is 2.13. The maximum Gasteiger partial charge on any atom is 0.274 e. The van der Waals surface area contributed by atoms with Gasteiger partial charge in [0, 0.05) is 24.0 Å². The smallest absolute Gasteiger partial charge is 0.274 e. The summed E-state index contributed by atoms with van der Waals surface area (Å²) in [6, 6.07) is 7.40. The molecule has 1 N–H and O–H groups in total. The van der Waals surface area contributed by atoms with Crippen LogP contribution in [0.25, 0.3) is 0 Å². The van der Waals surface area contributed by atoms with Crippen molar-refractivity contribution in [3.8, 4) is 0 Å². The third kappa shape index (κ3) is 3.09. The van der Waals surface area contributed by atoms with Crippen molar-refractivity contribution in [1.82, 2.24) is 4.98 Å². The number of carbonyl (C=O) groups is 1. The average Bonchev–Trinajstić information content (AvgIpc) is 2.41. The Labute approximate surface area is 107 Å². The van der Waals surface area contributed by atoms with Gasteiger partial charge in [-0.15, -0.1) is 0 Å². The van der Waals surface area contributed by atoms with Crippen molar-refractivity contribution in [3.05, 3.63) is 64.2 Å². The Hall–Kier alpha value is -2.83. The molecule has 0 saturated carbocycles. The van der Waals surface area contributed by atoms with E-state index >= 15 is 0 Å². The highest BCUT2D eigenvalue weighted by molar-refractivity contribution is 6.03. The number of nitrogens with one attached hydrogen (secondary N) is 1. The maximum absolute atomic E-state index is 12.7. The van der Waals surface area contributed by atoms with Crippen LogP contribution in [0.5, 0.6) is 0 Å². The molecule has 2 aromatic rings. The van der Waals surface area contributed by atoms with Crippen LogP contribution in [0.4, 0.5) is 15.8 Å². The molecule has 19 heavy (non-hydrogen) atoms. The number of hydrogen-bond acceptors (Lipinski definition) is 4. The lowest BCUT2D eigenvalue weighted by Crippen LogP contribution is -2.13. The lowest BCUT2D eigenvalue weighted by Gasteiger charge is -2.04. The first-order valence-corrected chi connectivity index (χ1v) is 5.23. The molecular weight excluding hydrogens is 253 g/mol. The predicted molar refractivity (Wildman–Crippen MR) is 65.2 cm³/mol. The molecule has 0 aliphatic carbocycles. The van der Waals surface area contributed by atoms with Crippen molar-refractivity contribution in [2.45, 2.75) is 0 Å². The molecule has 1 amide bonds. The fraction of sp³-hybridized carbons (Fsp3) is 0. The van der Waals surface area contributed by atoms with Gasteiger partial charge in [0.1, 0.15) is 11.5 Å². The number of nitrogens with zero attached hydrogens (tertiary/aromatic N) is 2. The molecule has 1 aromatic heterocycles. The van der Waals surface area contributed by atoms with Crippen LogP contribution in [0.15, 0.2) is 42.6 Å². The molecule has 1 heterocycles. The molecular formula is C12H8FN3O3. The number of benzene rings is 1. The second-order valence-electron chi connectivity index (χ2n) is 3.62. The number of anilines is 1. The molecule has 0 aliphatic rings. The summed E-state index contributed by atoms with van der Waals surface area (Å²) in [6.07, 6.45) is 1.18. The van der Waals surface area contributed by atoms with Gasteiger partial charge in [-0.25, -0.2) is 4.39 Å². The molecule has 0 radical (unpaired) electrons. The molecule has 0 spiro atoms. The van der Waals surface area contributed by atoms with E-state index in [1.54, 1.807) is 0 Å². The van der Waals surface area contributed by atoms with E-state index in [4.69, 9.17) is 0 Å². The number of amides is 1. The minimum Gasteiger partial charge on any atom is -0.321 e. The topological polar surface area (TPSA) is 85.1 Å². The Morgan fingerprint density at radius 1 is 1.26 bits per heavy atom. The quantitative estimate of drug-likeness (QED) is 0.679. The van der Waals surface area contributed by atoms with Crippen LogP contribution in [0.2, 0.25) is 0 Å². The fourth-order valence-electron chi connectivity index (χ4n) is 1.39. The number of halogens is 1. The van der Waals surface area contributed by atoms with E-state index < -0.39 is 16.6 Å². The number of pyridine rings is 1. The summed E-state index contributed by atoms with van der Waals surface area (Å²) in [7, 11) is 0. The Morgan fingerprint density at radius 2 is 1.95 bits per heavy atom. The molecule has 7 heteroatoms. The molecule has 0 fully saturated rings. The predicted octanol–water partition coefficient (Wildman–Crippen LogP) is 2.38. The van der Waals surface area contributed by atoms with Crippen LogP contribution >= 0.6 is 0 Å². The monoisotopic (exact) mass is 261 g/mol. The molecule has 6 nitrogen and oxygen atoms in total. The minimum atomic E-state index is -0.615. The summed E-state index contributed by atoms with van der Waals surface area (Å²) in [6.45, 7) is 0. The van der Waals surface area contributed by atoms with E-state index in [-0.39, 0.29) is 11.4 Å². The SMILES string of the molecule is O=C(Nc1ccc(F)cc1)c1cc([N+](=O)[O-])ccn1. The second-order valence-corrected chi connectivity index (χ2v) is 3.62.